The average Bonchev–Trinajstić information content (AvgIpc) is 3.09. The lowest BCUT2D eigenvalue weighted by Crippen LogP contribution is -2.34. The van der Waals surface area contributed by atoms with Gasteiger partial charge in [0.05, 0.1) is 12.0 Å². The van der Waals surface area contributed by atoms with Crippen molar-refractivity contribution in [3.63, 3.8) is 0 Å². The molecule has 0 aromatic heterocycles. The highest BCUT2D eigenvalue weighted by Crippen LogP contribution is 2.33. The highest BCUT2D eigenvalue weighted by atomic mass is 16.6. The van der Waals surface area contributed by atoms with Crippen molar-refractivity contribution >= 4 is 5.69 Å². The largest absolute Gasteiger partial charge is 0.496 e. The minimum absolute atomic E-state index is 0.0766. The van der Waals surface area contributed by atoms with Crippen LogP contribution in [0.4, 0.5) is 5.69 Å². The summed E-state index contributed by atoms with van der Waals surface area (Å²) in [4.78, 5) is 13.1. The Morgan fingerprint density at radius 2 is 2.16 bits per heavy atom. The first-order valence-electron chi connectivity index (χ1n) is 8.48. The molecular weight excluding hydrogens is 318 g/mol. The van der Waals surface area contributed by atoms with Gasteiger partial charge in [-0.1, -0.05) is 18.2 Å². The van der Waals surface area contributed by atoms with E-state index >= 15 is 0 Å². The van der Waals surface area contributed by atoms with Gasteiger partial charge in [-0.05, 0) is 42.6 Å². The average molecular weight is 341 g/mol. The fraction of sp³-hybridized carbons (Fsp3) is 0.368. The van der Waals surface area contributed by atoms with Crippen molar-refractivity contribution in [1.29, 1.82) is 0 Å². The fourth-order valence-electron chi connectivity index (χ4n) is 3.47. The van der Waals surface area contributed by atoms with Gasteiger partial charge in [0, 0.05) is 36.8 Å². The van der Waals surface area contributed by atoms with Gasteiger partial charge in [-0.25, -0.2) is 0 Å². The summed E-state index contributed by atoms with van der Waals surface area (Å²) >= 11 is 0. The van der Waals surface area contributed by atoms with E-state index in [2.05, 4.69) is 11.0 Å². The molecule has 3 rings (SSSR count). The van der Waals surface area contributed by atoms with Crippen LogP contribution in [0.3, 0.4) is 0 Å². The summed E-state index contributed by atoms with van der Waals surface area (Å²) in [5.41, 5.74) is 8.75. The standard InChI is InChI=1S/C19H23N3O3/c1-25-19-8-7-14(13-21-9-3-6-17(21)12-20)10-18(19)15-4-2-5-16(11-15)22(23)24/h2,4-5,7-8,10-11,17H,3,6,9,12-13,20H2,1H3/t17-/m1/s1. The van der Waals surface area contributed by atoms with Crippen molar-refractivity contribution < 1.29 is 9.66 Å². The Labute approximate surface area is 147 Å². The quantitative estimate of drug-likeness (QED) is 0.644. The molecule has 0 saturated carbocycles. The highest BCUT2D eigenvalue weighted by molar-refractivity contribution is 5.73. The molecule has 132 valence electrons. The van der Waals surface area contributed by atoms with E-state index in [0.717, 1.165) is 36.2 Å². The number of nitrogens with zero attached hydrogens (tertiary/aromatic N) is 2. The van der Waals surface area contributed by atoms with E-state index in [1.54, 1.807) is 19.2 Å². The number of hydrogen-bond acceptors (Lipinski definition) is 5. The third-order valence-corrected chi connectivity index (χ3v) is 4.79. The van der Waals surface area contributed by atoms with E-state index in [0.29, 0.717) is 18.3 Å². The molecule has 25 heavy (non-hydrogen) atoms. The summed E-state index contributed by atoms with van der Waals surface area (Å²) in [5.74, 6) is 0.709. The summed E-state index contributed by atoms with van der Waals surface area (Å²) in [6.07, 6.45) is 2.32. The zero-order valence-corrected chi connectivity index (χ0v) is 14.4. The Morgan fingerprint density at radius 3 is 2.88 bits per heavy atom. The van der Waals surface area contributed by atoms with Gasteiger partial charge in [-0.15, -0.1) is 0 Å². The summed E-state index contributed by atoms with van der Waals surface area (Å²) < 4.78 is 5.46. The number of likely N-dealkylation sites (tertiary alicyclic amines) is 1. The third kappa shape index (κ3) is 3.81. The summed E-state index contributed by atoms with van der Waals surface area (Å²) in [6.45, 7) is 2.56. The Bertz CT molecular complexity index is 763. The van der Waals surface area contributed by atoms with Crippen LogP contribution in [0.5, 0.6) is 5.75 Å². The van der Waals surface area contributed by atoms with Crippen LogP contribution in [0.15, 0.2) is 42.5 Å². The van der Waals surface area contributed by atoms with Crippen molar-refractivity contribution in [2.75, 3.05) is 20.2 Å². The SMILES string of the molecule is COc1ccc(CN2CCC[C@@H]2CN)cc1-c1cccc([N+](=O)[O-])c1. The van der Waals surface area contributed by atoms with Crippen LogP contribution in [-0.4, -0.2) is 36.1 Å². The van der Waals surface area contributed by atoms with Crippen molar-refractivity contribution in [2.24, 2.45) is 5.73 Å². The van der Waals surface area contributed by atoms with E-state index in [4.69, 9.17) is 10.5 Å². The molecule has 1 fully saturated rings. The Kier molecular flexibility index (Phi) is 5.31. The number of rotatable bonds is 6. The van der Waals surface area contributed by atoms with Crippen LogP contribution in [0.2, 0.25) is 0 Å². The zero-order chi connectivity index (χ0) is 17.8. The van der Waals surface area contributed by atoms with Crippen LogP contribution in [0.1, 0.15) is 18.4 Å². The molecule has 1 aliphatic heterocycles. The second-order valence-corrected chi connectivity index (χ2v) is 6.34. The molecule has 1 saturated heterocycles. The maximum atomic E-state index is 11.1. The monoisotopic (exact) mass is 341 g/mol. The van der Waals surface area contributed by atoms with Crippen molar-refractivity contribution in [1.82, 2.24) is 4.90 Å². The molecule has 0 bridgehead atoms. The minimum atomic E-state index is -0.379. The summed E-state index contributed by atoms with van der Waals surface area (Å²) in [6, 6.07) is 13.1. The molecule has 6 heteroatoms. The number of nitrogens with two attached hydrogens (primary N) is 1. The van der Waals surface area contributed by atoms with Crippen molar-refractivity contribution in [3.05, 3.63) is 58.1 Å². The molecule has 1 atom stereocenters. The molecule has 2 N–H and O–H groups in total. The van der Waals surface area contributed by atoms with Crippen molar-refractivity contribution in [2.45, 2.75) is 25.4 Å². The molecule has 0 amide bonds. The van der Waals surface area contributed by atoms with Crippen LogP contribution < -0.4 is 10.5 Å². The summed E-state index contributed by atoms with van der Waals surface area (Å²) in [7, 11) is 1.61. The lowest BCUT2D eigenvalue weighted by molar-refractivity contribution is -0.384. The molecular formula is C19H23N3O3. The molecule has 2 aromatic rings. The highest BCUT2D eigenvalue weighted by Gasteiger charge is 2.23. The van der Waals surface area contributed by atoms with Crippen LogP contribution in [0.25, 0.3) is 11.1 Å². The first kappa shape index (κ1) is 17.4. The number of benzene rings is 2. The lowest BCUT2D eigenvalue weighted by Gasteiger charge is -2.23. The van der Waals surface area contributed by atoms with Crippen LogP contribution >= 0.6 is 0 Å². The molecule has 6 nitrogen and oxygen atoms in total. The van der Waals surface area contributed by atoms with Crippen molar-refractivity contribution in [3.8, 4) is 16.9 Å². The number of nitro groups is 1. The maximum absolute atomic E-state index is 11.1. The van der Waals surface area contributed by atoms with Crippen LogP contribution in [0, 0.1) is 10.1 Å². The lowest BCUT2D eigenvalue weighted by atomic mass is 10.0. The van der Waals surface area contributed by atoms with Gasteiger partial charge in [0.1, 0.15) is 5.75 Å². The molecule has 0 radical (unpaired) electrons. The smallest absolute Gasteiger partial charge is 0.270 e. The van der Waals surface area contributed by atoms with Gasteiger partial charge >= 0.3 is 0 Å². The molecule has 0 aliphatic carbocycles. The second-order valence-electron chi connectivity index (χ2n) is 6.34. The Balaban J connectivity index is 1.93. The number of nitro benzene ring substituents is 1. The molecule has 0 spiro atoms. The van der Waals surface area contributed by atoms with E-state index in [-0.39, 0.29) is 10.6 Å². The molecule has 0 unspecified atom stereocenters. The predicted octanol–water partition coefficient (Wildman–Crippen LogP) is 3.19. The van der Waals surface area contributed by atoms with E-state index in [1.165, 1.54) is 12.5 Å². The number of hydrogen-bond donors (Lipinski definition) is 1. The number of methoxy groups -OCH3 is 1. The fourth-order valence-corrected chi connectivity index (χ4v) is 3.47. The van der Waals surface area contributed by atoms with Crippen LogP contribution in [-0.2, 0) is 6.54 Å². The van der Waals surface area contributed by atoms with Gasteiger partial charge in [-0.2, -0.15) is 0 Å². The number of ether oxygens (including phenoxy) is 1. The van der Waals surface area contributed by atoms with E-state index in [9.17, 15) is 10.1 Å². The van der Waals surface area contributed by atoms with Gasteiger partial charge < -0.3 is 10.5 Å². The van der Waals surface area contributed by atoms with Gasteiger partial charge in [0.15, 0.2) is 0 Å². The normalized spacial score (nSPS) is 17.6. The first-order valence-corrected chi connectivity index (χ1v) is 8.48. The first-order chi connectivity index (χ1) is 12.1. The maximum Gasteiger partial charge on any atom is 0.270 e. The van der Waals surface area contributed by atoms with Gasteiger partial charge in [-0.3, -0.25) is 15.0 Å². The van der Waals surface area contributed by atoms with E-state index in [1.807, 2.05) is 18.2 Å². The van der Waals surface area contributed by atoms with Gasteiger partial charge in [0.25, 0.3) is 5.69 Å². The predicted molar refractivity (Wildman–Crippen MR) is 97.6 cm³/mol. The topological polar surface area (TPSA) is 81.6 Å². The molecule has 2 aromatic carbocycles. The second kappa shape index (κ2) is 7.63. The van der Waals surface area contributed by atoms with E-state index < -0.39 is 0 Å². The van der Waals surface area contributed by atoms with Gasteiger partial charge in [0.2, 0.25) is 0 Å². The molecule has 1 heterocycles. The Hall–Kier alpha value is -2.44. The third-order valence-electron chi connectivity index (χ3n) is 4.79. The Morgan fingerprint density at radius 1 is 1.32 bits per heavy atom. The summed E-state index contributed by atoms with van der Waals surface area (Å²) in [5, 5.41) is 11.1. The number of non-ortho nitro benzene ring substituents is 1. The minimum Gasteiger partial charge on any atom is -0.496 e. The zero-order valence-electron chi connectivity index (χ0n) is 14.4. The molecule has 1 aliphatic rings.